The van der Waals surface area contributed by atoms with E-state index in [1.54, 1.807) is 7.05 Å². The van der Waals surface area contributed by atoms with Gasteiger partial charge in [-0.2, -0.15) is 0 Å². The molecule has 0 saturated carbocycles. The number of carbonyl (C=O) groups excluding carboxylic acids is 2. The Morgan fingerprint density at radius 1 is 1.50 bits per heavy atom. The van der Waals surface area contributed by atoms with Gasteiger partial charge in [0.05, 0.1) is 0 Å². The van der Waals surface area contributed by atoms with Crippen LogP contribution in [0.1, 0.15) is 13.3 Å². The summed E-state index contributed by atoms with van der Waals surface area (Å²) in [5.41, 5.74) is 0. The SMILES string of the molecule is CC(=O)C(=O)N(C)CC1CCN(C)C1. The van der Waals surface area contributed by atoms with Gasteiger partial charge in [0.2, 0.25) is 5.78 Å². The highest BCUT2D eigenvalue weighted by atomic mass is 16.2. The average molecular weight is 198 g/mol. The lowest BCUT2D eigenvalue weighted by molar-refractivity contribution is -0.143. The van der Waals surface area contributed by atoms with E-state index in [1.165, 1.54) is 11.8 Å². The standard InChI is InChI=1S/C10H18N2O2/c1-8(13)10(14)12(3)7-9-4-5-11(2)6-9/h9H,4-7H2,1-3H3. The summed E-state index contributed by atoms with van der Waals surface area (Å²) < 4.78 is 0. The molecule has 0 N–H and O–H groups in total. The normalized spacial score (nSPS) is 22.4. The molecule has 1 atom stereocenters. The highest BCUT2D eigenvalue weighted by Gasteiger charge is 2.23. The summed E-state index contributed by atoms with van der Waals surface area (Å²) in [7, 11) is 3.77. The second-order valence-corrected chi connectivity index (χ2v) is 4.16. The van der Waals surface area contributed by atoms with E-state index >= 15 is 0 Å². The molecule has 0 aliphatic carbocycles. The van der Waals surface area contributed by atoms with Gasteiger partial charge in [-0.15, -0.1) is 0 Å². The van der Waals surface area contributed by atoms with Gasteiger partial charge in [0.1, 0.15) is 0 Å². The van der Waals surface area contributed by atoms with Crippen LogP contribution in [0.25, 0.3) is 0 Å². The fourth-order valence-corrected chi connectivity index (χ4v) is 1.91. The van der Waals surface area contributed by atoms with Crippen LogP contribution in [0.2, 0.25) is 0 Å². The van der Waals surface area contributed by atoms with Crippen LogP contribution < -0.4 is 0 Å². The van der Waals surface area contributed by atoms with Crippen molar-refractivity contribution in [1.82, 2.24) is 9.80 Å². The third kappa shape index (κ3) is 2.80. The van der Waals surface area contributed by atoms with Gasteiger partial charge >= 0.3 is 0 Å². The Labute approximate surface area is 84.9 Å². The molecule has 4 nitrogen and oxygen atoms in total. The molecule has 0 bridgehead atoms. The van der Waals surface area contributed by atoms with E-state index in [2.05, 4.69) is 11.9 Å². The van der Waals surface area contributed by atoms with Gasteiger partial charge in [-0.1, -0.05) is 0 Å². The van der Waals surface area contributed by atoms with Crippen molar-refractivity contribution >= 4 is 11.7 Å². The zero-order valence-electron chi connectivity index (χ0n) is 9.12. The minimum Gasteiger partial charge on any atom is -0.339 e. The van der Waals surface area contributed by atoms with Gasteiger partial charge in [0.15, 0.2) is 0 Å². The molecule has 0 aromatic carbocycles. The van der Waals surface area contributed by atoms with Crippen LogP contribution in [-0.4, -0.2) is 55.2 Å². The number of Topliss-reactive ketones (excluding diaryl/α,β-unsaturated/α-hetero) is 1. The average Bonchev–Trinajstić information content (AvgIpc) is 2.49. The Kier molecular flexibility index (Phi) is 3.63. The van der Waals surface area contributed by atoms with E-state index in [4.69, 9.17) is 0 Å². The molecule has 1 heterocycles. The Hall–Kier alpha value is -0.900. The van der Waals surface area contributed by atoms with Crippen molar-refractivity contribution in [2.45, 2.75) is 13.3 Å². The van der Waals surface area contributed by atoms with Crippen LogP contribution in [-0.2, 0) is 9.59 Å². The summed E-state index contributed by atoms with van der Waals surface area (Å²) in [6, 6.07) is 0. The minimum absolute atomic E-state index is 0.375. The number of rotatable bonds is 3. The van der Waals surface area contributed by atoms with Crippen molar-refractivity contribution in [2.24, 2.45) is 5.92 Å². The van der Waals surface area contributed by atoms with Gasteiger partial charge < -0.3 is 9.80 Å². The fraction of sp³-hybridized carbons (Fsp3) is 0.800. The van der Waals surface area contributed by atoms with Crippen molar-refractivity contribution in [3.8, 4) is 0 Å². The molecule has 1 saturated heterocycles. The summed E-state index contributed by atoms with van der Waals surface area (Å²) in [5, 5.41) is 0. The summed E-state index contributed by atoms with van der Waals surface area (Å²) >= 11 is 0. The summed E-state index contributed by atoms with van der Waals surface area (Å²) in [6.07, 6.45) is 1.12. The van der Waals surface area contributed by atoms with E-state index in [9.17, 15) is 9.59 Å². The smallest absolute Gasteiger partial charge is 0.289 e. The summed E-state index contributed by atoms with van der Waals surface area (Å²) in [5.74, 6) is -0.230. The third-order valence-corrected chi connectivity index (χ3v) is 2.67. The van der Waals surface area contributed by atoms with Crippen LogP contribution in [0.4, 0.5) is 0 Å². The maximum atomic E-state index is 11.3. The van der Waals surface area contributed by atoms with Crippen LogP contribution >= 0.6 is 0 Å². The van der Waals surface area contributed by atoms with Gasteiger partial charge in [-0.25, -0.2) is 0 Å². The third-order valence-electron chi connectivity index (χ3n) is 2.67. The second-order valence-electron chi connectivity index (χ2n) is 4.16. The van der Waals surface area contributed by atoms with E-state index in [1.807, 2.05) is 0 Å². The molecule has 1 aliphatic heterocycles. The first-order valence-corrected chi connectivity index (χ1v) is 4.95. The van der Waals surface area contributed by atoms with Crippen LogP contribution in [0.15, 0.2) is 0 Å². The maximum Gasteiger partial charge on any atom is 0.289 e. The summed E-state index contributed by atoms with van der Waals surface area (Å²) in [4.78, 5) is 25.9. The van der Waals surface area contributed by atoms with Gasteiger partial charge in [-0.3, -0.25) is 9.59 Å². The first-order chi connectivity index (χ1) is 6.50. The molecule has 0 aromatic rings. The van der Waals surface area contributed by atoms with Crippen LogP contribution in [0.5, 0.6) is 0 Å². The predicted octanol–water partition coefficient (Wildman–Crippen LogP) is -0.0145. The molecule has 0 radical (unpaired) electrons. The molecule has 1 unspecified atom stereocenters. The zero-order chi connectivity index (χ0) is 10.7. The Morgan fingerprint density at radius 3 is 2.57 bits per heavy atom. The molecule has 1 fully saturated rings. The number of carbonyl (C=O) groups is 2. The number of hydrogen-bond donors (Lipinski definition) is 0. The minimum atomic E-state index is -0.376. The number of amides is 1. The molecular weight excluding hydrogens is 180 g/mol. The van der Waals surface area contributed by atoms with Gasteiger partial charge in [0.25, 0.3) is 5.91 Å². The molecule has 1 amide bonds. The van der Waals surface area contributed by atoms with Crippen molar-refractivity contribution in [1.29, 1.82) is 0 Å². The monoisotopic (exact) mass is 198 g/mol. The number of nitrogens with zero attached hydrogens (tertiary/aromatic N) is 2. The van der Waals surface area contributed by atoms with Crippen LogP contribution in [0, 0.1) is 5.92 Å². The lowest BCUT2D eigenvalue weighted by Gasteiger charge is -2.19. The summed E-state index contributed by atoms with van der Waals surface area (Å²) in [6.45, 7) is 4.13. The molecule has 0 spiro atoms. The van der Waals surface area contributed by atoms with E-state index in [-0.39, 0.29) is 11.7 Å². The molecular formula is C10H18N2O2. The van der Waals surface area contributed by atoms with E-state index < -0.39 is 0 Å². The number of likely N-dealkylation sites (N-methyl/N-ethyl adjacent to an activating group) is 1. The van der Waals surface area contributed by atoms with Crippen molar-refractivity contribution in [3.63, 3.8) is 0 Å². The first kappa shape index (κ1) is 11.2. The van der Waals surface area contributed by atoms with Crippen molar-refractivity contribution in [3.05, 3.63) is 0 Å². The van der Waals surface area contributed by atoms with Gasteiger partial charge in [-0.05, 0) is 25.9 Å². The zero-order valence-corrected chi connectivity index (χ0v) is 9.12. The van der Waals surface area contributed by atoms with Crippen molar-refractivity contribution in [2.75, 3.05) is 33.7 Å². The number of hydrogen-bond acceptors (Lipinski definition) is 3. The predicted molar refractivity (Wildman–Crippen MR) is 53.9 cm³/mol. The molecule has 1 rings (SSSR count). The van der Waals surface area contributed by atoms with Gasteiger partial charge in [0, 0.05) is 27.1 Å². The first-order valence-electron chi connectivity index (χ1n) is 4.95. The Morgan fingerprint density at radius 2 is 2.14 bits per heavy atom. The number of likely N-dealkylation sites (tertiary alicyclic amines) is 1. The maximum absolute atomic E-state index is 11.3. The molecule has 14 heavy (non-hydrogen) atoms. The van der Waals surface area contributed by atoms with E-state index in [0.717, 1.165) is 19.5 Å². The van der Waals surface area contributed by atoms with Crippen LogP contribution in [0.3, 0.4) is 0 Å². The molecule has 4 heteroatoms. The van der Waals surface area contributed by atoms with E-state index in [0.29, 0.717) is 12.5 Å². The highest BCUT2D eigenvalue weighted by Crippen LogP contribution is 2.14. The lowest BCUT2D eigenvalue weighted by Crippen LogP contribution is -2.36. The molecule has 0 aromatic heterocycles. The Bertz CT molecular complexity index is 240. The number of ketones is 1. The largest absolute Gasteiger partial charge is 0.339 e. The molecule has 80 valence electrons. The second kappa shape index (κ2) is 4.55. The molecule has 1 aliphatic rings. The highest BCUT2D eigenvalue weighted by molar-refractivity contribution is 6.34. The fourth-order valence-electron chi connectivity index (χ4n) is 1.91. The Balaban J connectivity index is 2.37. The lowest BCUT2D eigenvalue weighted by atomic mass is 10.1. The quantitative estimate of drug-likeness (QED) is 0.599. The topological polar surface area (TPSA) is 40.6 Å². The van der Waals surface area contributed by atoms with Crippen molar-refractivity contribution < 1.29 is 9.59 Å².